The van der Waals surface area contributed by atoms with E-state index in [0.29, 0.717) is 18.8 Å². The van der Waals surface area contributed by atoms with E-state index in [9.17, 15) is 4.79 Å². The van der Waals surface area contributed by atoms with Gasteiger partial charge in [-0.05, 0) is 60.6 Å². The van der Waals surface area contributed by atoms with Gasteiger partial charge in [0.2, 0.25) is 5.91 Å². The molecular formula is C25H32N4O. The molecule has 0 aliphatic heterocycles. The van der Waals surface area contributed by atoms with E-state index in [1.807, 2.05) is 25.1 Å². The molecule has 5 heteroatoms. The number of hydrogen-bond acceptors (Lipinski definition) is 4. The van der Waals surface area contributed by atoms with Crippen LogP contribution in [0, 0.1) is 18.3 Å². The highest BCUT2D eigenvalue weighted by atomic mass is 16.1. The molecule has 5 nitrogen and oxygen atoms in total. The van der Waals surface area contributed by atoms with E-state index in [1.54, 1.807) is 6.20 Å². The number of hydrogen-bond donors (Lipinski definition) is 2. The molecule has 2 aromatic heterocycles. The van der Waals surface area contributed by atoms with Crippen molar-refractivity contribution in [1.82, 2.24) is 15.3 Å². The van der Waals surface area contributed by atoms with Crippen LogP contribution in [-0.4, -0.2) is 22.4 Å². The number of nitrogen functional groups attached to an aromatic ring is 1. The number of pyridine rings is 2. The maximum Gasteiger partial charge on any atom is 0.223 e. The van der Waals surface area contributed by atoms with Gasteiger partial charge in [-0.3, -0.25) is 9.78 Å². The van der Waals surface area contributed by atoms with Crippen LogP contribution < -0.4 is 11.1 Å². The Labute approximate surface area is 179 Å². The number of rotatable bonds is 6. The average Bonchev–Trinajstić information content (AvgIpc) is 2.67. The third kappa shape index (κ3) is 5.35. The highest BCUT2D eigenvalue weighted by molar-refractivity contribution is 5.86. The number of aryl methyl sites for hydroxylation is 1. The predicted molar refractivity (Wildman–Crippen MR) is 124 cm³/mol. The Hall–Kier alpha value is -2.95. The van der Waals surface area contributed by atoms with Crippen LogP contribution in [0.3, 0.4) is 0 Å². The molecule has 0 saturated heterocycles. The molecule has 158 valence electrons. The molecular weight excluding hydrogens is 372 g/mol. The highest BCUT2D eigenvalue weighted by Gasteiger charge is 2.17. The lowest BCUT2D eigenvalue weighted by Gasteiger charge is -2.19. The quantitative estimate of drug-likeness (QED) is 0.611. The van der Waals surface area contributed by atoms with E-state index in [2.05, 4.69) is 61.2 Å². The summed E-state index contributed by atoms with van der Waals surface area (Å²) >= 11 is 0. The lowest BCUT2D eigenvalue weighted by atomic mass is 9.92. The topological polar surface area (TPSA) is 80.9 Å². The summed E-state index contributed by atoms with van der Waals surface area (Å²) in [5.41, 5.74) is 11.3. The SMILES string of the molecule is Cc1cccnc1-c1ccc2nc(N)c(CC(C)C(=O)NCCC(C)(C)C)cc2c1. The van der Waals surface area contributed by atoms with Crippen LogP contribution in [0.1, 0.15) is 45.2 Å². The molecule has 3 rings (SSSR count). The normalized spacial score (nSPS) is 12.7. The van der Waals surface area contributed by atoms with Crippen molar-refractivity contribution in [2.75, 3.05) is 12.3 Å². The van der Waals surface area contributed by atoms with Crippen LogP contribution in [0.4, 0.5) is 5.82 Å². The molecule has 0 spiro atoms. The number of nitrogens with one attached hydrogen (secondary N) is 1. The largest absolute Gasteiger partial charge is 0.383 e. The molecule has 1 unspecified atom stereocenters. The van der Waals surface area contributed by atoms with Crippen LogP contribution in [0.25, 0.3) is 22.2 Å². The Morgan fingerprint density at radius 3 is 2.67 bits per heavy atom. The minimum absolute atomic E-state index is 0.0524. The minimum atomic E-state index is -0.173. The van der Waals surface area contributed by atoms with Gasteiger partial charge in [-0.2, -0.15) is 0 Å². The summed E-state index contributed by atoms with van der Waals surface area (Å²) in [5.74, 6) is 0.364. The number of nitrogens with zero attached hydrogens (tertiary/aromatic N) is 2. The van der Waals surface area contributed by atoms with E-state index in [4.69, 9.17) is 5.73 Å². The van der Waals surface area contributed by atoms with Gasteiger partial charge in [-0.1, -0.05) is 39.8 Å². The first-order valence-electron chi connectivity index (χ1n) is 10.5. The zero-order valence-corrected chi connectivity index (χ0v) is 18.6. The van der Waals surface area contributed by atoms with Crippen LogP contribution in [0.2, 0.25) is 0 Å². The van der Waals surface area contributed by atoms with Gasteiger partial charge in [0.15, 0.2) is 0 Å². The summed E-state index contributed by atoms with van der Waals surface area (Å²) in [6.45, 7) is 11.2. The van der Waals surface area contributed by atoms with Gasteiger partial charge >= 0.3 is 0 Å². The third-order valence-electron chi connectivity index (χ3n) is 5.36. The molecule has 0 saturated carbocycles. The lowest BCUT2D eigenvalue weighted by molar-refractivity contribution is -0.124. The summed E-state index contributed by atoms with van der Waals surface area (Å²) in [7, 11) is 0. The van der Waals surface area contributed by atoms with Gasteiger partial charge in [0.25, 0.3) is 0 Å². The van der Waals surface area contributed by atoms with Crippen molar-refractivity contribution in [2.24, 2.45) is 11.3 Å². The van der Waals surface area contributed by atoms with Crippen molar-refractivity contribution < 1.29 is 4.79 Å². The van der Waals surface area contributed by atoms with Crippen molar-refractivity contribution in [3.63, 3.8) is 0 Å². The number of anilines is 1. The summed E-state index contributed by atoms with van der Waals surface area (Å²) in [5, 5.41) is 4.05. The maximum absolute atomic E-state index is 12.5. The van der Waals surface area contributed by atoms with Crippen LogP contribution >= 0.6 is 0 Å². The minimum Gasteiger partial charge on any atom is -0.383 e. The van der Waals surface area contributed by atoms with E-state index in [0.717, 1.165) is 39.7 Å². The molecule has 0 aliphatic carbocycles. The standard InChI is InChI=1S/C25H32N4O/c1-16-7-6-11-27-22(16)18-8-9-21-19(14-18)15-20(23(26)29-21)13-17(2)24(30)28-12-10-25(3,4)5/h6-9,11,14-15,17H,10,12-13H2,1-5H3,(H2,26,29)(H,28,30). The maximum atomic E-state index is 12.5. The fourth-order valence-corrected chi connectivity index (χ4v) is 3.49. The second-order valence-corrected chi connectivity index (χ2v) is 9.32. The van der Waals surface area contributed by atoms with Crippen LogP contribution in [0.15, 0.2) is 42.6 Å². The van der Waals surface area contributed by atoms with Crippen molar-refractivity contribution >= 4 is 22.6 Å². The number of benzene rings is 1. The zero-order chi connectivity index (χ0) is 21.9. The number of carbonyl (C=O) groups excluding carboxylic acids is 1. The number of aromatic nitrogens is 2. The molecule has 30 heavy (non-hydrogen) atoms. The number of amides is 1. The van der Waals surface area contributed by atoms with Crippen LogP contribution in [0.5, 0.6) is 0 Å². The van der Waals surface area contributed by atoms with Crippen molar-refractivity contribution in [2.45, 2.75) is 47.5 Å². The first-order chi connectivity index (χ1) is 14.1. The smallest absolute Gasteiger partial charge is 0.223 e. The summed E-state index contributed by atoms with van der Waals surface area (Å²) < 4.78 is 0. The molecule has 3 aromatic rings. The van der Waals surface area contributed by atoms with Crippen molar-refractivity contribution in [1.29, 1.82) is 0 Å². The Morgan fingerprint density at radius 2 is 1.97 bits per heavy atom. The summed E-state index contributed by atoms with van der Waals surface area (Å²) in [6, 6.07) is 12.1. The monoisotopic (exact) mass is 404 g/mol. The highest BCUT2D eigenvalue weighted by Crippen LogP contribution is 2.27. The molecule has 3 N–H and O–H groups in total. The Kier molecular flexibility index (Phi) is 6.40. The molecule has 2 heterocycles. The first-order valence-corrected chi connectivity index (χ1v) is 10.5. The van der Waals surface area contributed by atoms with Gasteiger partial charge in [0.05, 0.1) is 11.2 Å². The van der Waals surface area contributed by atoms with E-state index >= 15 is 0 Å². The van der Waals surface area contributed by atoms with E-state index in [-0.39, 0.29) is 17.2 Å². The molecule has 0 aliphatic rings. The van der Waals surface area contributed by atoms with E-state index in [1.165, 1.54) is 0 Å². The number of carbonyl (C=O) groups is 1. The van der Waals surface area contributed by atoms with E-state index < -0.39 is 0 Å². The Bertz CT molecular complexity index is 1050. The Balaban J connectivity index is 1.79. The average molecular weight is 405 g/mol. The summed E-state index contributed by atoms with van der Waals surface area (Å²) in [6.07, 6.45) is 3.31. The molecule has 0 fully saturated rings. The van der Waals surface area contributed by atoms with Gasteiger partial charge in [-0.15, -0.1) is 0 Å². The van der Waals surface area contributed by atoms with Crippen molar-refractivity contribution in [3.8, 4) is 11.3 Å². The number of fused-ring (bicyclic) bond motifs is 1. The second-order valence-electron chi connectivity index (χ2n) is 9.32. The molecule has 1 amide bonds. The molecule has 1 aromatic carbocycles. The lowest BCUT2D eigenvalue weighted by Crippen LogP contribution is -2.32. The predicted octanol–water partition coefficient (Wildman–Crippen LogP) is 4.92. The van der Waals surface area contributed by atoms with Gasteiger partial charge in [0.1, 0.15) is 5.82 Å². The molecule has 0 bridgehead atoms. The van der Waals surface area contributed by atoms with Gasteiger partial charge in [-0.25, -0.2) is 4.98 Å². The molecule has 0 radical (unpaired) electrons. The first kappa shape index (κ1) is 21.8. The number of nitrogens with two attached hydrogens (primary N) is 1. The van der Waals surface area contributed by atoms with Crippen molar-refractivity contribution in [3.05, 3.63) is 53.7 Å². The fraction of sp³-hybridized carbons (Fsp3) is 0.400. The van der Waals surface area contributed by atoms with Gasteiger partial charge in [0, 0.05) is 29.6 Å². The van der Waals surface area contributed by atoms with Gasteiger partial charge < -0.3 is 11.1 Å². The van der Waals surface area contributed by atoms with Crippen LogP contribution in [-0.2, 0) is 11.2 Å². The summed E-state index contributed by atoms with van der Waals surface area (Å²) in [4.78, 5) is 21.6. The fourth-order valence-electron chi connectivity index (χ4n) is 3.49. The molecule has 1 atom stereocenters. The third-order valence-corrected chi connectivity index (χ3v) is 5.36. The zero-order valence-electron chi connectivity index (χ0n) is 18.6. The second kappa shape index (κ2) is 8.82. The Morgan fingerprint density at radius 1 is 1.20 bits per heavy atom.